The quantitative estimate of drug-likeness (QED) is 0.355. The van der Waals surface area contributed by atoms with Crippen molar-refractivity contribution in [2.75, 3.05) is 0 Å². The molecule has 8 heteroatoms. The Morgan fingerprint density at radius 3 is 2.50 bits per heavy atom. The molecule has 0 N–H and O–H groups in total. The molecule has 142 valence electrons. The van der Waals surface area contributed by atoms with Gasteiger partial charge in [0.05, 0.1) is 20.5 Å². The van der Waals surface area contributed by atoms with Crippen molar-refractivity contribution in [2.24, 2.45) is 7.05 Å². The van der Waals surface area contributed by atoms with Crippen LogP contribution in [0.3, 0.4) is 0 Å². The molecular weight excluding hydrogens is 423 g/mol. The summed E-state index contributed by atoms with van der Waals surface area (Å²) < 4.78 is 29.6. The Morgan fingerprint density at radius 2 is 1.79 bits per heavy atom. The first kappa shape index (κ1) is 19.1. The Kier molecular flexibility index (Phi) is 4.95. The van der Waals surface area contributed by atoms with Gasteiger partial charge in [0, 0.05) is 11.9 Å². The number of hydrogen-bond acceptors (Lipinski definition) is 3. The van der Waals surface area contributed by atoms with E-state index in [-0.39, 0.29) is 21.4 Å². The van der Waals surface area contributed by atoms with Gasteiger partial charge in [-0.15, -0.1) is 11.3 Å². The van der Waals surface area contributed by atoms with Crippen molar-refractivity contribution < 1.29 is 8.78 Å². The lowest BCUT2D eigenvalue weighted by Gasteiger charge is -2.00. The number of aromatic nitrogens is 3. The molecule has 0 saturated heterocycles. The van der Waals surface area contributed by atoms with Gasteiger partial charge in [0.1, 0.15) is 11.6 Å². The van der Waals surface area contributed by atoms with E-state index in [2.05, 4.69) is 10.1 Å². The molecule has 0 amide bonds. The van der Waals surface area contributed by atoms with Crippen LogP contribution in [0.2, 0.25) is 10.0 Å². The molecule has 4 rings (SSSR count). The van der Waals surface area contributed by atoms with E-state index in [1.165, 1.54) is 35.6 Å². The molecule has 2 aromatic carbocycles. The van der Waals surface area contributed by atoms with Crippen LogP contribution in [0.15, 0.2) is 42.5 Å². The molecule has 0 spiro atoms. The van der Waals surface area contributed by atoms with Crippen molar-refractivity contribution in [3.8, 4) is 32.5 Å². The molecule has 0 bridgehead atoms. The van der Waals surface area contributed by atoms with Crippen LogP contribution in [0, 0.1) is 18.6 Å². The SMILES string of the molecule is Cc1cc(-c2ccc(Cl)c(F)c2)sc1-c1nc(-c2c(F)cccc2Cl)nn1C. The van der Waals surface area contributed by atoms with Crippen molar-refractivity contribution in [3.63, 3.8) is 0 Å². The van der Waals surface area contributed by atoms with Crippen molar-refractivity contribution in [1.82, 2.24) is 14.8 Å². The van der Waals surface area contributed by atoms with E-state index in [0.717, 1.165) is 20.9 Å². The zero-order valence-electron chi connectivity index (χ0n) is 14.8. The molecular formula is C20H13Cl2F2N3S. The number of hydrogen-bond donors (Lipinski definition) is 0. The summed E-state index contributed by atoms with van der Waals surface area (Å²) in [5, 5.41) is 4.67. The van der Waals surface area contributed by atoms with Crippen LogP contribution >= 0.6 is 34.5 Å². The Hall–Kier alpha value is -2.28. The molecule has 0 unspecified atom stereocenters. The standard InChI is InChI=1S/C20H13Cl2F2N3S/c1-10-8-16(11-6-7-12(21)15(24)9-11)28-18(10)20-25-19(26-27(20)2)17-13(22)4-3-5-14(17)23/h3-9H,1-2H3. The topological polar surface area (TPSA) is 30.7 Å². The van der Waals surface area contributed by atoms with Gasteiger partial charge in [0.2, 0.25) is 0 Å². The first-order valence-electron chi connectivity index (χ1n) is 8.27. The van der Waals surface area contributed by atoms with Crippen molar-refractivity contribution >= 4 is 34.5 Å². The van der Waals surface area contributed by atoms with Gasteiger partial charge >= 0.3 is 0 Å². The summed E-state index contributed by atoms with van der Waals surface area (Å²) in [5.74, 6) is -0.156. The maximum Gasteiger partial charge on any atom is 0.186 e. The molecule has 0 atom stereocenters. The fourth-order valence-corrected chi connectivity index (χ4v) is 4.45. The number of halogens is 4. The van der Waals surface area contributed by atoms with E-state index in [4.69, 9.17) is 23.2 Å². The fourth-order valence-electron chi connectivity index (χ4n) is 2.90. The van der Waals surface area contributed by atoms with E-state index < -0.39 is 11.6 Å². The van der Waals surface area contributed by atoms with Crippen LogP contribution < -0.4 is 0 Å². The highest BCUT2D eigenvalue weighted by Crippen LogP contribution is 2.39. The lowest BCUT2D eigenvalue weighted by Crippen LogP contribution is -1.94. The molecule has 4 aromatic rings. The Bertz CT molecular complexity index is 1180. The summed E-state index contributed by atoms with van der Waals surface area (Å²) in [6, 6.07) is 11.1. The second kappa shape index (κ2) is 7.28. The zero-order chi connectivity index (χ0) is 20.0. The molecule has 2 aromatic heterocycles. The van der Waals surface area contributed by atoms with Gasteiger partial charge in [0.25, 0.3) is 0 Å². The van der Waals surface area contributed by atoms with Gasteiger partial charge in [-0.1, -0.05) is 35.3 Å². The van der Waals surface area contributed by atoms with E-state index in [0.29, 0.717) is 5.82 Å². The van der Waals surface area contributed by atoms with Crippen LogP contribution in [0.1, 0.15) is 5.56 Å². The summed E-state index contributed by atoms with van der Waals surface area (Å²) in [7, 11) is 1.74. The van der Waals surface area contributed by atoms with Gasteiger partial charge in [0.15, 0.2) is 11.6 Å². The second-order valence-corrected chi connectivity index (χ2v) is 8.10. The maximum atomic E-state index is 14.2. The highest BCUT2D eigenvalue weighted by Gasteiger charge is 2.20. The van der Waals surface area contributed by atoms with Gasteiger partial charge in [-0.25, -0.2) is 18.4 Å². The minimum atomic E-state index is -0.482. The fraction of sp³-hybridized carbons (Fsp3) is 0.100. The summed E-state index contributed by atoms with van der Waals surface area (Å²) in [5.41, 5.74) is 1.85. The Morgan fingerprint density at radius 1 is 1.00 bits per heavy atom. The number of rotatable bonds is 3. The van der Waals surface area contributed by atoms with Crippen molar-refractivity contribution in [2.45, 2.75) is 6.92 Å². The van der Waals surface area contributed by atoms with Gasteiger partial charge in [-0.2, -0.15) is 5.10 Å². The minimum absolute atomic E-state index is 0.0805. The highest BCUT2D eigenvalue weighted by atomic mass is 35.5. The third kappa shape index (κ3) is 3.32. The number of benzene rings is 2. The normalized spacial score (nSPS) is 11.2. The second-order valence-electron chi connectivity index (χ2n) is 6.23. The first-order valence-corrected chi connectivity index (χ1v) is 9.84. The lowest BCUT2D eigenvalue weighted by atomic mass is 10.1. The molecule has 0 saturated carbocycles. The molecule has 0 radical (unpaired) electrons. The van der Waals surface area contributed by atoms with Gasteiger partial charge in [-0.05, 0) is 48.4 Å². The monoisotopic (exact) mass is 435 g/mol. The van der Waals surface area contributed by atoms with E-state index in [1.54, 1.807) is 23.9 Å². The van der Waals surface area contributed by atoms with Gasteiger partial charge < -0.3 is 0 Å². The Labute approximate surface area is 174 Å². The van der Waals surface area contributed by atoms with E-state index in [1.807, 2.05) is 13.0 Å². The summed E-state index contributed by atoms with van der Waals surface area (Å²) in [6.45, 7) is 1.94. The van der Waals surface area contributed by atoms with E-state index >= 15 is 0 Å². The number of aryl methyl sites for hydroxylation is 2. The van der Waals surface area contributed by atoms with Crippen LogP contribution in [-0.4, -0.2) is 14.8 Å². The van der Waals surface area contributed by atoms with Crippen LogP contribution in [-0.2, 0) is 7.05 Å². The maximum absolute atomic E-state index is 14.2. The summed E-state index contributed by atoms with van der Waals surface area (Å²) >= 11 is 13.4. The summed E-state index contributed by atoms with van der Waals surface area (Å²) in [4.78, 5) is 6.25. The van der Waals surface area contributed by atoms with E-state index in [9.17, 15) is 8.78 Å². The molecule has 0 fully saturated rings. The predicted octanol–water partition coefficient (Wildman–Crippen LogP) is 6.77. The lowest BCUT2D eigenvalue weighted by molar-refractivity contribution is 0.628. The third-order valence-corrected chi connectivity index (χ3v) is 6.18. The van der Waals surface area contributed by atoms with Crippen molar-refractivity contribution in [3.05, 3.63) is 69.7 Å². The van der Waals surface area contributed by atoms with Crippen LogP contribution in [0.25, 0.3) is 32.5 Å². The smallest absolute Gasteiger partial charge is 0.186 e. The van der Waals surface area contributed by atoms with Gasteiger partial charge in [-0.3, -0.25) is 0 Å². The highest BCUT2D eigenvalue weighted by molar-refractivity contribution is 7.19. The first-order chi connectivity index (χ1) is 13.3. The Balaban J connectivity index is 1.79. The largest absolute Gasteiger partial charge is 0.248 e. The zero-order valence-corrected chi connectivity index (χ0v) is 17.1. The molecule has 0 aliphatic rings. The number of thiophene rings is 1. The predicted molar refractivity (Wildman–Crippen MR) is 110 cm³/mol. The molecule has 3 nitrogen and oxygen atoms in total. The molecule has 0 aliphatic carbocycles. The minimum Gasteiger partial charge on any atom is -0.248 e. The van der Waals surface area contributed by atoms with Crippen LogP contribution in [0.5, 0.6) is 0 Å². The third-order valence-electron chi connectivity index (χ3n) is 4.27. The molecule has 0 aliphatic heterocycles. The average Bonchev–Trinajstić information content (AvgIpc) is 3.20. The summed E-state index contributed by atoms with van der Waals surface area (Å²) in [6.07, 6.45) is 0. The average molecular weight is 436 g/mol. The van der Waals surface area contributed by atoms with Crippen LogP contribution in [0.4, 0.5) is 8.78 Å². The number of nitrogens with zero attached hydrogens (tertiary/aromatic N) is 3. The molecule has 2 heterocycles. The van der Waals surface area contributed by atoms with Crippen molar-refractivity contribution in [1.29, 1.82) is 0 Å². The molecule has 28 heavy (non-hydrogen) atoms.